The van der Waals surface area contributed by atoms with E-state index in [1.807, 2.05) is 19.1 Å². The molecule has 2 heterocycles. The summed E-state index contributed by atoms with van der Waals surface area (Å²) in [7, 11) is -3.25. The van der Waals surface area contributed by atoms with E-state index in [-0.39, 0.29) is 17.7 Å². The molecule has 0 amide bonds. The first-order valence-electron chi connectivity index (χ1n) is 7.10. The van der Waals surface area contributed by atoms with E-state index in [9.17, 15) is 8.42 Å². The summed E-state index contributed by atoms with van der Waals surface area (Å²) in [5, 5.41) is 0. The Labute approximate surface area is 120 Å². The molecule has 0 radical (unpaired) electrons. The van der Waals surface area contributed by atoms with Crippen molar-refractivity contribution in [1.82, 2.24) is 9.71 Å². The highest BCUT2D eigenvalue weighted by Crippen LogP contribution is 2.30. The third-order valence-electron chi connectivity index (χ3n) is 3.56. The zero-order valence-electron chi connectivity index (χ0n) is 11.8. The van der Waals surface area contributed by atoms with E-state index in [0.29, 0.717) is 19.6 Å². The maximum absolute atomic E-state index is 12.1. The number of nitrogens with zero attached hydrogens (tertiary/aromatic N) is 1. The van der Waals surface area contributed by atoms with Gasteiger partial charge in [-0.05, 0) is 36.8 Å². The van der Waals surface area contributed by atoms with Crippen LogP contribution in [0.2, 0.25) is 0 Å². The Hall–Kier alpha value is -0.980. The van der Waals surface area contributed by atoms with Crippen molar-refractivity contribution in [3.8, 4) is 0 Å². The van der Waals surface area contributed by atoms with Crippen molar-refractivity contribution < 1.29 is 13.2 Å². The van der Waals surface area contributed by atoms with E-state index in [1.54, 1.807) is 12.4 Å². The van der Waals surface area contributed by atoms with Crippen molar-refractivity contribution in [2.75, 3.05) is 19.0 Å². The number of sulfonamides is 1. The van der Waals surface area contributed by atoms with Gasteiger partial charge in [-0.1, -0.05) is 13.0 Å². The minimum absolute atomic E-state index is 0.160. The van der Waals surface area contributed by atoms with E-state index >= 15 is 0 Å². The van der Waals surface area contributed by atoms with Gasteiger partial charge >= 0.3 is 0 Å². The van der Waals surface area contributed by atoms with Crippen LogP contribution >= 0.6 is 0 Å². The SMILES string of the molecule is CCCS(=O)(=O)NC(c1cccnc1)C1CCOCC1. The van der Waals surface area contributed by atoms with E-state index < -0.39 is 10.0 Å². The number of hydrogen-bond acceptors (Lipinski definition) is 4. The lowest BCUT2D eigenvalue weighted by Gasteiger charge is -2.31. The Morgan fingerprint density at radius 1 is 1.45 bits per heavy atom. The summed E-state index contributed by atoms with van der Waals surface area (Å²) < 4.78 is 32.4. The first-order valence-corrected chi connectivity index (χ1v) is 8.75. The van der Waals surface area contributed by atoms with Crippen LogP contribution in [0.4, 0.5) is 0 Å². The summed E-state index contributed by atoms with van der Waals surface area (Å²) in [6.07, 6.45) is 5.80. The molecule has 0 saturated carbocycles. The molecule has 2 rings (SSSR count). The number of pyridine rings is 1. The van der Waals surface area contributed by atoms with E-state index in [0.717, 1.165) is 18.4 Å². The largest absolute Gasteiger partial charge is 0.381 e. The molecule has 1 aromatic rings. The summed E-state index contributed by atoms with van der Waals surface area (Å²) in [6.45, 7) is 3.25. The van der Waals surface area contributed by atoms with Gasteiger partial charge in [0, 0.05) is 25.6 Å². The van der Waals surface area contributed by atoms with Crippen molar-refractivity contribution in [2.45, 2.75) is 32.2 Å². The molecule has 1 saturated heterocycles. The van der Waals surface area contributed by atoms with E-state index in [1.165, 1.54) is 0 Å². The lowest BCUT2D eigenvalue weighted by Crippen LogP contribution is -2.37. The molecule has 0 aliphatic carbocycles. The average Bonchev–Trinajstić information content (AvgIpc) is 2.47. The fourth-order valence-corrected chi connectivity index (χ4v) is 3.94. The van der Waals surface area contributed by atoms with Crippen molar-refractivity contribution >= 4 is 10.0 Å². The molecule has 1 atom stereocenters. The minimum Gasteiger partial charge on any atom is -0.381 e. The van der Waals surface area contributed by atoms with Gasteiger partial charge in [0.1, 0.15) is 0 Å². The predicted octanol–water partition coefficient (Wildman–Crippen LogP) is 1.88. The molecule has 0 spiro atoms. The van der Waals surface area contributed by atoms with Crippen LogP contribution in [0.3, 0.4) is 0 Å². The van der Waals surface area contributed by atoms with Crippen LogP contribution in [0.15, 0.2) is 24.5 Å². The summed E-state index contributed by atoms with van der Waals surface area (Å²) in [4.78, 5) is 4.11. The Balaban J connectivity index is 2.20. The first-order chi connectivity index (χ1) is 9.62. The summed E-state index contributed by atoms with van der Waals surface area (Å²) in [6, 6.07) is 3.57. The van der Waals surface area contributed by atoms with Gasteiger partial charge in [-0.2, -0.15) is 0 Å². The lowest BCUT2D eigenvalue weighted by molar-refractivity contribution is 0.0564. The summed E-state index contributed by atoms with van der Waals surface area (Å²) in [5.74, 6) is 0.423. The Kier molecular flexibility index (Phi) is 5.51. The number of rotatable bonds is 6. The van der Waals surface area contributed by atoms with E-state index in [4.69, 9.17) is 4.74 Å². The number of hydrogen-bond donors (Lipinski definition) is 1. The van der Waals surface area contributed by atoms with Gasteiger partial charge in [0.15, 0.2) is 0 Å². The quantitative estimate of drug-likeness (QED) is 0.870. The maximum Gasteiger partial charge on any atom is 0.212 e. The van der Waals surface area contributed by atoms with Crippen LogP contribution in [0, 0.1) is 5.92 Å². The molecular weight excluding hydrogens is 276 g/mol. The molecule has 5 nitrogen and oxygen atoms in total. The molecule has 112 valence electrons. The molecular formula is C14H22N2O3S. The lowest BCUT2D eigenvalue weighted by atomic mass is 9.88. The van der Waals surface area contributed by atoms with Crippen LogP contribution < -0.4 is 4.72 Å². The maximum atomic E-state index is 12.1. The second-order valence-electron chi connectivity index (χ2n) is 5.15. The highest BCUT2D eigenvalue weighted by molar-refractivity contribution is 7.89. The van der Waals surface area contributed by atoms with Gasteiger partial charge in [0.2, 0.25) is 10.0 Å². The Bertz CT molecular complexity index is 498. The van der Waals surface area contributed by atoms with Crippen LogP contribution in [-0.4, -0.2) is 32.4 Å². The number of aromatic nitrogens is 1. The fourth-order valence-electron chi connectivity index (χ4n) is 2.57. The molecule has 1 aromatic heterocycles. The zero-order chi connectivity index (χ0) is 14.4. The first kappa shape index (κ1) is 15.4. The predicted molar refractivity (Wildman–Crippen MR) is 77.7 cm³/mol. The molecule has 1 aliphatic rings. The average molecular weight is 298 g/mol. The molecule has 6 heteroatoms. The highest BCUT2D eigenvalue weighted by Gasteiger charge is 2.28. The monoisotopic (exact) mass is 298 g/mol. The molecule has 1 unspecified atom stereocenters. The van der Waals surface area contributed by atoms with Gasteiger partial charge in [-0.15, -0.1) is 0 Å². The minimum atomic E-state index is -3.25. The van der Waals surface area contributed by atoms with Crippen LogP contribution in [0.1, 0.15) is 37.8 Å². The van der Waals surface area contributed by atoms with E-state index in [2.05, 4.69) is 9.71 Å². The van der Waals surface area contributed by atoms with Crippen molar-refractivity contribution in [3.63, 3.8) is 0 Å². The number of ether oxygens (including phenoxy) is 1. The third-order valence-corrected chi connectivity index (χ3v) is 5.12. The third kappa shape index (κ3) is 4.26. The van der Waals surface area contributed by atoms with Gasteiger partial charge in [0.25, 0.3) is 0 Å². The van der Waals surface area contributed by atoms with Crippen LogP contribution in [0.25, 0.3) is 0 Å². The van der Waals surface area contributed by atoms with Crippen molar-refractivity contribution in [2.24, 2.45) is 5.92 Å². The van der Waals surface area contributed by atoms with Crippen LogP contribution in [-0.2, 0) is 14.8 Å². The van der Waals surface area contributed by atoms with Crippen LogP contribution in [0.5, 0.6) is 0 Å². The topological polar surface area (TPSA) is 68.3 Å². The Morgan fingerprint density at radius 2 is 2.20 bits per heavy atom. The molecule has 1 fully saturated rings. The molecule has 1 aliphatic heterocycles. The smallest absolute Gasteiger partial charge is 0.212 e. The molecule has 20 heavy (non-hydrogen) atoms. The molecule has 1 N–H and O–H groups in total. The summed E-state index contributed by atoms with van der Waals surface area (Å²) >= 11 is 0. The van der Waals surface area contributed by atoms with Gasteiger partial charge in [-0.25, -0.2) is 13.1 Å². The number of nitrogens with one attached hydrogen (secondary N) is 1. The molecule has 0 bridgehead atoms. The van der Waals surface area contributed by atoms with Gasteiger partial charge in [-0.3, -0.25) is 4.98 Å². The fraction of sp³-hybridized carbons (Fsp3) is 0.643. The normalized spacial score (nSPS) is 18.9. The second kappa shape index (κ2) is 7.15. The van der Waals surface area contributed by atoms with Gasteiger partial charge < -0.3 is 4.74 Å². The second-order valence-corrected chi connectivity index (χ2v) is 7.02. The zero-order valence-corrected chi connectivity index (χ0v) is 12.6. The summed E-state index contributed by atoms with van der Waals surface area (Å²) in [5.41, 5.74) is 0.930. The van der Waals surface area contributed by atoms with Crippen molar-refractivity contribution in [3.05, 3.63) is 30.1 Å². The van der Waals surface area contributed by atoms with Gasteiger partial charge in [0.05, 0.1) is 11.8 Å². The van der Waals surface area contributed by atoms with Crippen molar-refractivity contribution in [1.29, 1.82) is 0 Å². The molecule has 0 aromatic carbocycles. The Morgan fingerprint density at radius 3 is 2.80 bits per heavy atom. The standard InChI is InChI=1S/C14H22N2O3S/c1-2-10-20(17,18)16-14(12-5-8-19-9-6-12)13-4-3-7-15-11-13/h3-4,7,11-12,14,16H,2,5-6,8-10H2,1H3. The highest BCUT2D eigenvalue weighted by atomic mass is 32.2.